The quantitative estimate of drug-likeness (QED) is 0.0777. The molecule has 19 heteroatoms. The Balaban J connectivity index is 0.000000200. The normalized spacial score (nSPS) is 19.8. The van der Waals surface area contributed by atoms with E-state index in [9.17, 15) is 9.59 Å². The van der Waals surface area contributed by atoms with E-state index in [1.54, 1.807) is 12.4 Å². The van der Waals surface area contributed by atoms with E-state index < -0.39 is 11.6 Å². The minimum absolute atomic E-state index is 0. The van der Waals surface area contributed by atoms with Gasteiger partial charge in [0.25, 0.3) is 0 Å². The molecule has 15 nitrogen and oxygen atoms in total. The molecular formula is C54H61Cl2N10NaO5S. The molecule has 0 aliphatic heterocycles. The number of benzene rings is 3. The summed E-state index contributed by atoms with van der Waals surface area (Å²) < 4.78 is 18.8. The molecule has 0 bridgehead atoms. The van der Waals surface area contributed by atoms with Gasteiger partial charge >= 0.3 is 41.1 Å². The van der Waals surface area contributed by atoms with Gasteiger partial charge in [0.1, 0.15) is 0 Å². The summed E-state index contributed by atoms with van der Waals surface area (Å²) in [5.74, 6) is 2.05. The molecule has 0 radical (unpaired) electrons. The number of rotatable bonds is 11. The number of halogens is 2. The number of aromatic amines is 1. The Morgan fingerprint density at radius 1 is 0.589 bits per heavy atom. The van der Waals surface area contributed by atoms with Gasteiger partial charge in [0.2, 0.25) is 23.7 Å². The van der Waals surface area contributed by atoms with Crippen LogP contribution < -0.4 is 50.8 Å². The predicted octanol–water partition coefficient (Wildman–Crippen LogP) is 8.24. The van der Waals surface area contributed by atoms with Gasteiger partial charge in [0, 0.05) is 81.5 Å². The molecule has 11 rings (SSSR count). The third-order valence-corrected chi connectivity index (χ3v) is 15.0. The summed E-state index contributed by atoms with van der Waals surface area (Å²) in [5.41, 5.74) is 6.61. The van der Waals surface area contributed by atoms with Crippen molar-refractivity contribution in [2.75, 3.05) is 10.6 Å². The van der Waals surface area contributed by atoms with Crippen LogP contribution in [0.15, 0.2) is 104 Å². The minimum Gasteiger partial charge on any atom is -0.870 e. The van der Waals surface area contributed by atoms with Crippen molar-refractivity contribution in [1.29, 1.82) is 0 Å². The maximum Gasteiger partial charge on any atom is 1.00 e. The van der Waals surface area contributed by atoms with Crippen LogP contribution in [0.25, 0.3) is 50.0 Å². The average molecular weight is 1060 g/mol. The fraction of sp³-hybridized carbons (Fsp3) is 0.407. The largest absolute Gasteiger partial charge is 1.00 e. The molecule has 7 aromatic rings. The first kappa shape index (κ1) is 55.5. The van der Waals surface area contributed by atoms with Crippen molar-refractivity contribution >= 4 is 80.3 Å². The van der Waals surface area contributed by atoms with E-state index in [1.807, 2.05) is 54.7 Å². The van der Waals surface area contributed by atoms with Gasteiger partial charge in [-0.25, -0.2) is 19.9 Å². The van der Waals surface area contributed by atoms with Crippen LogP contribution in [0.2, 0.25) is 10.0 Å². The Kier molecular flexibility index (Phi) is 20.4. The van der Waals surface area contributed by atoms with Gasteiger partial charge in [-0.3, -0.25) is 9.59 Å². The number of carbonyl (C=O) groups excluding carboxylic acids is 2. The number of carbonyl (C=O) groups is 2. The number of aromatic nitrogens is 6. The van der Waals surface area contributed by atoms with Gasteiger partial charge in [-0.1, -0.05) is 103 Å². The summed E-state index contributed by atoms with van der Waals surface area (Å²) >= 11 is 12.4. The first-order chi connectivity index (χ1) is 34.7. The molecule has 0 saturated heterocycles. The second-order valence-corrected chi connectivity index (χ2v) is 20.2. The molecule has 4 heterocycles. The number of H-pyrrole nitrogens is 1. The molecular weight excluding hydrogens is 995 g/mol. The number of fused-ring (bicyclic) bond motifs is 2. The fourth-order valence-corrected chi connectivity index (χ4v) is 11.4. The van der Waals surface area contributed by atoms with E-state index in [1.165, 1.54) is 25.7 Å². The van der Waals surface area contributed by atoms with Gasteiger partial charge < -0.3 is 36.3 Å². The Morgan fingerprint density at radius 2 is 1.05 bits per heavy atom. The van der Waals surface area contributed by atoms with Gasteiger partial charge in [-0.05, 0) is 101 Å². The van der Waals surface area contributed by atoms with Crippen LogP contribution in [0.4, 0.5) is 11.9 Å². The van der Waals surface area contributed by atoms with Crippen molar-refractivity contribution in [3.63, 3.8) is 0 Å². The summed E-state index contributed by atoms with van der Waals surface area (Å²) in [6, 6.07) is 27.6. The van der Waals surface area contributed by atoms with E-state index in [2.05, 4.69) is 77.3 Å². The Hall–Kier alpha value is -5.20. The molecule has 3 aromatic carbocycles. The van der Waals surface area contributed by atoms with Crippen LogP contribution in [0, 0.1) is 11.8 Å². The van der Waals surface area contributed by atoms with Crippen molar-refractivity contribution in [3.05, 3.63) is 114 Å². The molecule has 378 valence electrons. The zero-order chi connectivity index (χ0) is 49.1. The van der Waals surface area contributed by atoms with Gasteiger partial charge in [0.05, 0.1) is 39.3 Å². The zero-order valence-corrected chi connectivity index (χ0v) is 45.4. The summed E-state index contributed by atoms with van der Waals surface area (Å²) in [5, 5.41) is 16.9. The minimum atomic E-state index is -0.750. The second-order valence-electron chi connectivity index (χ2n) is 19.3. The number of anilines is 2. The van der Waals surface area contributed by atoms with Crippen molar-refractivity contribution in [3.8, 4) is 28.2 Å². The number of hydrogen-bond acceptors (Lipinski definition) is 11. The van der Waals surface area contributed by atoms with Crippen LogP contribution in [-0.4, -0.2) is 79.4 Å². The van der Waals surface area contributed by atoms with Crippen LogP contribution in [-0.2, 0) is 21.2 Å². The summed E-state index contributed by atoms with van der Waals surface area (Å²) in [6.07, 6.45) is 24.3. The Morgan fingerprint density at radius 3 is 1.60 bits per heavy atom. The van der Waals surface area contributed by atoms with Crippen molar-refractivity contribution in [2.24, 2.45) is 11.8 Å². The number of hydrogen-bond donors (Lipinski definition) is 5. The molecule has 4 aliphatic rings. The molecule has 4 saturated carbocycles. The smallest absolute Gasteiger partial charge is 0.870 e. The van der Waals surface area contributed by atoms with Crippen LogP contribution in [0.5, 0.6) is 0 Å². The monoisotopic (exact) mass is 1050 g/mol. The molecule has 4 aliphatic carbocycles. The molecule has 4 atom stereocenters. The van der Waals surface area contributed by atoms with E-state index in [0.29, 0.717) is 27.6 Å². The second kappa shape index (κ2) is 26.8. The van der Waals surface area contributed by atoms with Gasteiger partial charge in [-0.2, -0.15) is 8.42 Å². The predicted molar refractivity (Wildman–Crippen MR) is 284 cm³/mol. The molecule has 0 spiro atoms. The maximum atomic E-state index is 12.7. The first-order valence-electron chi connectivity index (χ1n) is 25.1. The van der Waals surface area contributed by atoms with E-state index in [-0.39, 0.29) is 82.9 Å². The number of nitrogens with zero attached hydrogens (tertiary/aromatic N) is 5. The van der Waals surface area contributed by atoms with Gasteiger partial charge in [0.15, 0.2) is 0 Å². The topological polar surface area (TPSA) is 219 Å². The molecule has 6 N–H and O–H groups in total. The SMILES string of the molecule is O=C(N[C@H]1CCC[C@@H](Nc2ncc(Cl)c(-c3c[nH]c4ccccc34)n2)C1)C1CCCC1.O=C(N[C@H]1CCC[C@@H](Nc2ncc(Cl)c(-c3cn(-c4ccccc4)c4ccccc34)n2)C1)C1CCCC1.O=S=O.[Na+].[OH-]. The third-order valence-electron chi connectivity index (χ3n) is 14.5. The Bertz CT molecular complexity index is 2980. The molecule has 4 aromatic heterocycles. The summed E-state index contributed by atoms with van der Waals surface area (Å²) in [4.78, 5) is 47.0. The number of nitrogens with one attached hydrogen (secondary N) is 5. The van der Waals surface area contributed by atoms with Crippen molar-refractivity contribution in [2.45, 2.75) is 127 Å². The molecule has 73 heavy (non-hydrogen) atoms. The van der Waals surface area contributed by atoms with Crippen LogP contribution in [0.1, 0.15) is 103 Å². The fourth-order valence-electron chi connectivity index (χ4n) is 11.0. The number of para-hydroxylation sites is 3. The Labute approximate surface area is 461 Å². The third kappa shape index (κ3) is 13.9. The summed E-state index contributed by atoms with van der Waals surface area (Å²) in [7, 11) is 0. The van der Waals surface area contributed by atoms with E-state index in [0.717, 1.165) is 121 Å². The van der Waals surface area contributed by atoms with Crippen molar-refractivity contribution in [1.82, 2.24) is 40.1 Å². The molecule has 0 unspecified atom stereocenters. The first-order valence-corrected chi connectivity index (χ1v) is 26.5. The molecule has 2 amide bonds. The standard InChI is InChI=1S/C30H32ClN5O.C24H28ClN5O.Na.O2S.H2O/c31-26-18-32-30(34-22-12-8-11-21(17-22)33-29(37)20-9-4-5-10-20)35-28(26)25-19-36(23-13-2-1-3-14-23)27-16-7-6-15-24(25)27;25-20-14-27-24(30-22(20)19-13-26-21-11-4-3-10-18(19)21)29-17-9-5-8-16(12-17)28-23(31)15-6-1-2-7-15;;1-3-2;/h1-3,6-7,13-16,18-22H,4-5,8-12,17H2,(H,33,37)(H,32,34,35);3-4,10-11,13-17,26H,1-2,5-9,12H2,(H,28,31)(H,27,29,30);;;1H2/q;;+1;;/p-1/t21-,22+;16-,17+;;;/m00.../s1. The van der Waals surface area contributed by atoms with Gasteiger partial charge in [-0.15, -0.1) is 0 Å². The summed E-state index contributed by atoms with van der Waals surface area (Å²) in [6.45, 7) is 0. The van der Waals surface area contributed by atoms with Crippen LogP contribution >= 0.6 is 23.2 Å². The maximum absolute atomic E-state index is 12.7. The van der Waals surface area contributed by atoms with Crippen molar-refractivity contribution < 1.29 is 53.0 Å². The van der Waals surface area contributed by atoms with Crippen LogP contribution in [0.3, 0.4) is 0 Å². The number of amides is 2. The van der Waals surface area contributed by atoms with E-state index >= 15 is 0 Å². The average Bonchev–Trinajstić information content (AvgIpc) is 4.25. The van der Waals surface area contributed by atoms with E-state index in [4.69, 9.17) is 41.6 Å². The zero-order valence-electron chi connectivity index (χ0n) is 41.1. The molecule has 4 fully saturated rings.